The van der Waals surface area contributed by atoms with Gasteiger partial charge in [-0.15, -0.1) is 0 Å². The van der Waals surface area contributed by atoms with Crippen molar-refractivity contribution in [2.75, 3.05) is 20.8 Å². The lowest BCUT2D eigenvalue weighted by Crippen LogP contribution is -2.41. The number of hydrogen-bond acceptors (Lipinski definition) is 4. The highest BCUT2D eigenvalue weighted by molar-refractivity contribution is 5.74. The molecule has 0 bridgehead atoms. The number of benzene rings is 1. The van der Waals surface area contributed by atoms with Crippen LogP contribution in [0.25, 0.3) is 0 Å². The van der Waals surface area contributed by atoms with Crippen LogP contribution in [0.2, 0.25) is 0 Å². The lowest BCUT2D eigenvalue weighted by molar-refractivity contribution is 0.190. The highest BCUT2D eigenvalue weighted by atomic mass is 16.5. The summed E-state index contributed by atoms with van der Waals surface area (Å²) in [4.78, 5) is 18.8. The molecule has 7 heteroatoms. The van der Waals surface area contributed by atoms with E-state index in [0.29, 0.717) is 24.6 Å². The average Bonchev–Trinajstić information content (AvgIpc) is 3.05. The van der Waals surface area contributed by atoms with Crippen LogP contribution in [-0.2, 0) is 13.6 Å². The minimum Gasteiger partial charge on any atom is -0.493 e. The van der Waals surface area contributed by atoms with Crippen molar-refractivity contribution in [2.45, 2.75) is 32.9 Å². The smallest absolute Gasteiger partial charge is 0.318 e. The van der Waals surface area contributed by atoms with Crippen molar-refractivity contribution in [1.82, 2.24) is 19.8 Å². The van der Waals surface area contributed by atoms with Crippen molar-refractivity contribution in [1.29, 1.82) is 0 Å². The maximum absolute atomic E-state index is 12.8. The second-order valence-electron chi connectivity index (χ2n) is 6.16. The fraction of sp³-hybridized carbons (Fsp3) is 0.474. The van der Waals surface area contributed by atoms with Gasteiger partial charge in [0.2, 0.25) is 0 Å². The summed E-state index contributed by atoms with van der Waals surface area (Å²) < 4.78 is 12.5. The maximum Gasteiger partial charge on any atom is 0.318 e. The molecule has 1 N–H and O–H groups in total. The van der Waals surface area contributed by atoms with Crippen LogP contribution in [0.5, 0.6) is 11.5 Å². The van der Waals surface area contributed by atoms with Gasteiger partial charge in [0.1, 0.15) is 5.82 Å². The number of nitrogens with zero attached hydrogens (tertiary/aromatic N) is 3. The van der Waals surface area contributed by atoms with E-state index < -0.39 is 0 Å². The number of ether oxygens (including phenoxy) is 2. The van der Waals surface area contributed by atoms with E-state index in [4.69, 9.17) is 9.47 Å². The van der Waals surface area contributed by atoms with Crippen LogP contribution in [0, 0.1) is 0 Å². The third kappa shape index (κ3) is 4.68. The van der Waals surface area contributed by atoms with E-state index in [0.717, 1.165) is 17.8 Å². The van der Waals surface area contributed by atoms with Crippen LogP contribution >= 0.6 is 0 Å². The molecule has 142 valence electrons. The van der Waals surface area contributed by atoms with Gasteiger partial charge in [-0.2, -0.15) is 0 Å². The number of carbonyl (C=O) groups excluding carboxylic acids is 1. The minimum atomic E-state index is -0.164. The Morgan fingerprint density at radius 1 is 1.31 bits per heavy atom. The first kappa shape index (κ1) is 19.6. The molecule has 1 aromatic carbocycles. The third-order valence-corrected chi connectivity index (χ3v) is 4.28. The fourth-order valence-corrected chi connectivity index (χ4v) is 2.72. The number of urea groups is 1. The normalized spacial score (nSPS) is 11.7. The van der Waals surface area contributed by atoms with Crippen molar-refractivity contribution in [2.24, 2.45) is 7.05 Å². The molecule has 0 unspecified atom stereocenters. The Kier molecular flexibility index (Phi) is 6.89. The standard InChI is InChI=1S/C19H28N4O3/c1-6-10-23(13-18-20-9-11-22(18)3)19(24)21-14(2)15-7-8-16(25-4)17(12-15)26-5/h7-9,11-12,14H,6,10,13H2,1-5H3,(H,21,24)/t14-/m1/s1. The number of imidazole rings is 1. The molecule has 0 aliphatic rings. The molecule has 0 saturated heterocycles. The van der Waals surface area contributed by atoms with E-state index in [1.54, 1.807) is 25.3 Å². The quantitative estimate of drug-likeness (QED) is 0.785. The van der Waals surface area contributed by atoms with Gasteiger partial charge in [-0.25, -0.2) is 9.78 Å². The first-order chi connectivity index (χ1) is 12.5. The van der Waals surface area contributed by atoms with Gasteiger partial charge in [0.05, 0.1) is 26.8 Å². The Balaban J connectivity index is 2.09. The Hall–Kier alpha value is -2.70. The van der Waals surface area contributed by atoms with Crippen molar-refractivity contribution in [3.05, 3.63) is 42.0 Å². The topological polar surface area (TPSA) is 68.6 Å². The van der Waals surface area contributed by atoms with Gasteiger partial charge in [-0.3, -0.25) is 0 Å². The molecule has 0 spiro atoms. The van der Waals surface area contributed by atoms with Crippen LogP contribution in [0.4, 0.5) is 4.79 Å². The predicted octanol–water partition coefficient (Wildman–Crippen LogP) is 3.12. The second kappa shape index (κ2) is 9.12. The zero-order valence-corrected chi connectivity index (χ0v) is 16.2. The number of nitrogens with one attached hydrogen (secondary N) is 1. The predicted molar refractivity (Wildman–Crippen MR) is 100 cm³/mol. The van der Waals surface area contributed by atoms with Crippen LogP contribution < -0.4 is 14.8 Å². The van der Waals surface area contributed by atoms with Crippen molar-refractivity contribution in [3.8, 4) is 11.5 Å². The summed E-state index contributed by atoms with van der Waals surface area (Å²) >= 11 is 0. The van der Waals surface area contributed by atoms with E-state index in [-0.39, 0.29) is 12.1 Å². The summed E-state index contributed by atoms with van der Waals surface area (Å²) in [6.07, 6.45) is 4.50. The molecule has 7 nitrogen and oxygen atoms in total. The van der Waals surface area contributed by atoms with Crippen molar-refractivity contribution >= 4 is 6.03 Å². The summed E-state index contributed by atoms with van der Waals surface area (Å²) in [7, 11) is 5.13. The molecule has 1 heterocycles. The lowest BCUT2D eigenvalue weighted by Gasteiger charge is -2.25. The van der Waals surface area contributed by atoms with Gasteiger partial charge in [0, 0.05) is 26.0 Å². The van der Waals surface area contributed by atoms with E-state index in [1.807, 2.05) is 42.9 Å². The number of methoxy groups -OCH3 is 2. The second-order valence-corrected chi connectivity index (χ2v) is 6.16. The number of aryl methyl sites for hydroxylation is 1. The Morgan fingerprint density at radius 2 is 2.04 bits per heavy atom. The lowest BCUT2D eigenvalue weighted by atomic mass is 10.1. The van der Waals surface area contributed by atoms with Gasteiger partial charge in [0.25, 0.3) is 0 Å². The molecule has 0 aliphatic heterocycles. The SMILES string of the molecule is CCCN(Cc1nccn1C)C(=O)N[C@H](C)c1ccc(OC)c(OC)c1. The summed E-state index contributed by atoms with van der Waals surface area (Å²) in [5, 5.41) is 3.06. The van der Waals surface area contributed by atoms with Crippen LogP contribution in [-0.4, -0.2) is 41.2 Å². The molecular formula is C19H28N4O3. The number of aromatic nitrogens is 2. The third-order valence-electron chi connectivity index (χ3n) is 4.28. The van der Waals surface area contributed by atoms with Crippen LogP contribution in [0.3, 0.4) is 0 Å². The molecule has 0 fully saturated rings. The molecule has 1 atom stereocenters. The van der Waals surface area contributed by atoms with Gasteiger partial charge in [-0.1, -0.05) is 13.0 Å². The number of amides is 2. The highest BCUT2D eigenvalue weighted by Gasteiger charge is 2.19. The highest BCUT2D eigenvalue weighted by Crippen LogP contribution is 2.29. The summed E-state index contributed by atoms with van der Waals surface area (Å²) in [6.45, 7) is 5.14. The molecule has 0 saturated carbocycles. The molecule has 2 aromatic rings. The molecule has 0 radical (unpaired) electrons. The zero-order valence-electron chi connectivity index (χ0n) is 16.2. The molecule has 2 amide bonds. The molecule has 2 rings (SSSR count). The maximum atomic E-state index is 12.8. The number of carbonyl (C=O) groups is 1. The van der Waals surface area contributed by atoms with Gasteiger partial charge in [0.15, 0.2) is 11.5 Å². The molecular weight excluding hydrogens is 332 g/mol. The Bertz CT molecular complexity index is 729. The van der Waals surface area contributed by atoms with E-state index in [2.05, 4.69) is 17.2 Å². The summed E-state index contributed by atoms with van der Waals surface area (Å²) in [5.41, 5.74) is 0.949. The minimum absolute atomic E-state index is 0.114. The Morgan fingerprint density at radius 3 is 2.62 bits per heavy atom. The van der Waals surface area contributed by atoms with Gasteiger partial charge >= 0.3 is 6.03 Å². The fourth-order valence-electron chi connectivity index (χ4n) is 2.72. The first-order valence-corrected chi connectivity index (χ1v) is 8.73. The monoisotopic (exact) mass is 360 g/mol. The van der Waals surface area contributed by atoms with Gasteiger partial charge in [-0.05, 0) is 31.0 Å². The van der Waals surface area contributed by atoms with E-state index >= 15 is 0 Å². The zero-order chi connectivity index (χ0) is 19.1. The number of hydrogen-bond donors (Lipinski definition) is 1. The van der Waals surface area contributed by atoms with E-state index in [1.165, 1.54) is 0 Å². The molecule has 1 aromatic heterocycles. The molecule has 26 heavy (non-hydrogen) atoms. The molecule has 0 aliphatic carbocycles. The van der Waals surface area contributed by atoms with E-state index in [9.17, 15) is 4.79 Å². The van der Waals surface area contributed by atoms with Crippen molar-refractivity contribution < 1.29 is 14.3 Å². The number of rotatable bonds is 8. The van der Waals surface area contributed by atoms with Crippen molar-refractivity contribution in [3.63, 3.8) is 0 Å². The average molecular weight is 360 g/mol. The summed E-state index contributed by atoms with van der Waals surface area (Å²) in [5.74, 6) is 2.16. The largest absolute Gasteiger partial charge is 0.493 e. The Labute approximate surface area is 154 Å². The summed E-state index contributed by atoms with van der Waals surface area (Å²) in [6, 6.07) is 5.37. The van der Waals surface area contributed by atoms with Crippen LogP contribution in [0.15, 0.2) is 30.6 Å². The first-order valence-electron chi connectivity index (χ1n) is 8.73. The van der Waals surface area contributed by atoms with Crippen LogP contribution in [0.1, 0.15) is 37.7 Å². The van der Waals surface area contributed by atoms with Gasteiger partial charge < -0.3 is 24.3 Å².